The van der Waals surface area contributed by atoms with E-state index in [1.807, 2.05) is 6.92 Å². The van der Waals surface area contributed by atoms with Crippen molar-refractivity contribution in [2.24, 2.45) is 0 Å². The van der Waals surface area contributed by atoms with E-state index >= 15 is 0 Å². The molecule has 5 nitrogen and oxygen atoms in total. The molecule has 110 valence electrons. The first-order chi connectivity index (χ1) is 10.1. The molecule has 0 amide bonds. The van der Waals surface area contributed by atoms with E-state index in [1.165, 1.54) is 18.3 Å². The molecule has 0 aromatic carbocycles. The molecule has 0 fully saturated rings. The fourth-order valence-corrected chi connectivity index (χ4v) is 1.87. The smallest absolute Gasteiger partial charge is 0.214 e. The van der Waals surface area contributed by atoms with E-state index in [-0.39, 0.29) is 5.56 Å². The van der Waals surface area contributed by atoms with Gasteiger partial charge in [0.2, 0.25) is 5.88 Å². The number of aliphatic hydroxyl groups excluding tert-OH is 1. The highest BCUT2D eigenvalue weighted by Crippen LogP contribution is 2.25. The van der Waals surface area contributed by atoms with Crippen molar-refractivity contribution in [2.45, 2.75) is 20.0 Å². The molecule has 2 heterocycles. The second-order valence-corrected chi connectivity index (χ2v) is 4.34. The Balaban J connectivity index is 2.45. The highest BCUT2D eigenvalue weighted by molar-refractivity contribution is 5.60. The molecular weight excluding hydrogens is 273 g/mol. The van der Waals surface area contributed by atoms with E-state index in [9.17, 15) is 9.50 Å². The van der Waals surface area contributed by atoms with Crippen LogP contribution in [0.4, 0.5) is 4.39 Å². The van der Waals surface area contributed by atoms with Gasteiger partial charge in [0.25, 0.3) is 0 Å². The standard InChI is InChI=1S/C15H16FN3O2/c1-4-13(20)15-9(3)19-12(8-18-15)10-6-14(21-5-2)17-7-11(10)16/h4,6-8,13,20H,1,5H2,2-3H3. The molecule has 0 bridgehead atoms. The summed E-state index contributed by atoms with van der Waals surface area (Å²) in [6.45, 7) is 7.46. The van der Waals surface area contributed by atoms with Gasteiger partial charge in [0, 0.05) is 11.6 Å². The molecule has 2 aromatic heterocycles. The molecule has 1 unspecified atom stereocenters. The van der Waals surface area contributed by atoms with Crippen LogP contribution in [0.25, 0.3) is 11.3 Å². The Morgan fingerprint density at radius 1 is 1.43 bits per heavy atom. The number of pyridine rings is 1. The Hall–Kier alpha value is -2.34. The summed E-state index contributed by atoms with van der Waals surface area (Å²) in [6, 6.07) is 1.48. The third kappa shape index (κ3) is 3.22. The quantitative estimate of drug-likeness (QED) is 0.857. The number of aromatic nitrogens is 3. The Kier molecular flexibility index (Phi) is 4.59. The van der Waals surface area contributed by atoms with Crippen LogP contribution in [0.3, 0.4) is 0 Å². The van der Waals surface area contributed by atoms with Crippen LogP contribution in [0.1, 0.15) is 24.4 Å². The zero-order chi connectivity index (χ0) is 15.4. The molecule has 0 aliphatic carbocycles. The van der Waals surface area contributed by atoms with Crippen LogP contribution in [0.15, 0.2) is 31.1 Å². The van der Waals surface area contributed by atoms with Gasteiger partial charge in [-0.3, -0.25) is 4.98 Å². The van der Waals surface area contributed by atoms with E-state index in [0.29, 0.717) is 29.6 Å². The molecule has 2 rings (SSSR count). The number of hydrogen-bond donors (Lipinski definition) is 1. The summed E-state index contributed by atoms with van der Waals surface area (Å²) < 4.78 is 19.2. The predicted molar refractivity (Wildman–Crippen MR) is 76.3 cm³/mol. The van der Waals surface area contributed by atoms with Crippen molar-refractivity contribution < 1.29 is 14.2 Å². The van der Waals surface area contributed by atoms with Gasteiger partial charge in [0.05, 0.1) is 36.1 Å². The van der Waals surface area contributed by atoms with Crippen molar-refractivity contribution >= 4 is 0 Å². The molecule has 0 radical (unpaired) electrons. The lowest BCUT2D eigenvalue weighted by Crippen LogP contribution is -2.04. The summed E-state index contributed by atoms with van der Waals surface area (Å²) in [7, 11) is 0. The lowest BCUT2D eigenvalue weighted by atomic mass is 10.1. The van der Waals surface area contributed by atoms with E-state index in [2.05, 4.69) is 21.5 Å². The van der Waals surface area contributed by atoms with Crippen molar-refractivity contribution in [2.75, 3.05) is 6.61 Å². The highest BCUT2D eigenvalue weighted by atomic mass is 19.1. The van der Waals surface area contributed by atoms with Gasteiger partial charge >= 0.3 is 0 Å². The van der Waals surface area contributed by atoms with Crippen molar-refractivity contribution in [1.82, 2.24) is 15.0 Å². The second kappa shape index (κ2) is 6.41. The maximum absolute atomic E-state index is 13.9. The zero-order valence-corrected chi connectivity index (χ0v) is 11.9. The molecule has 0 saturated heterocycles. The molecule has 0 aliphatic rings. The minimum Gasteiger partial charge on any atom is -0.478 e. The molecule has 1 atom stereocenters. The van der Waals surface area contributed by atoms with E-state index in [0.717, 1.165) is 6.20 Å². The van der Waals surface area contributed by atoms with Gasteiger partial charge in [-0.05, 0) is 13.8 Å². The molecule has 0 aliphatic heterocycles. The molecule has 0 saturated carbocycles. The van der Waals surface area contributed by atoms with Gasteiger partial charge in [-0.15, -0.1) is 6.58 Å². The first-order valence-corrected chi connectivity index (χ1v) is 6.49. The summed E-state index contributed by atoms with van der Waals surface area (Å²) in [5.41, 5.74) is 1.51. The summed E-state index contributed by atoms with van der Waals surface area (Å²) in [5.74, 6) is -0.187. The number of ether oxygens (including phenoxy) is 1. The molecular formula is C15H16FN3O2. The van der Waals surface area contributed by atoms with Crippen molar-refractivity contribution in [1.29, 1.82) is 0 Å². The average Bonchev–Trinajstić information content (AvgIpc) is 2.48. The minimum absolute atomic E-state index is 0.253. The third-order valence-electron chi connectivity index (χ3n) is 2.89. The molecule has 6 heteroatoms. The highest BCUT2D eigenvalue weighted by Gasteiger charge is 2.14. The van der Waals surface area contributed by atoms with Crippen LogP contribution in [-0.4, -0.2) is 26.7 Å². The predicted octanol–water partition coefficient (Wildman–Crippen LogP) is 2.60. The van der Waals surface area contributed by atoms with Crippen LogP contribution in [0.2, 0.25) is 0 Å². The van der Waals surface area contributed by atoms with E-state index in [1.54, 1.807) is 6.92 Å². The van der Waals surface area contributed by atoms with Crippen LogP contribution >= 0.6 is 0 Å². The van der Waals surface area contributed by atoms with Gasteiger partial charge in [-0.2, -0.15) is 0 Å². The first kappa shape index (κ1) is 15.1. The van der Waals surface area contributed by atoms with Gasteiger partial charge < -0.3 is 9.84 Å². The number of nitrogens with zero attached hydrogens (tertiary/aromatic N) is 3. The Morgan fingerprint density at radius 2 is 2.19 bits per heavy atom. The lowest BCUT2D eigenvalue weighted by molar-refractivity contribution is 0.222. The molecule has 1 N–H and O–H groups in total. The number of aliphatic hydroxyl groups is 1. The maximum Gasteiger partial charge on any atom is 0.214 e. The minimum atomic E-state index is -0.896. The van der Waals surface area contributed by atoms with Crippen molar-refractivity contribution in [3.05, 3.63) is 48.3 Å². The van der Waals surface area contributed by atoms with E-state index < -0.39 is 11.9 Å². The molecule has 0 spiro atoms. The summed E-state index contributed by atoms with van der Waals surface area (Å²) in [5, 5.41) is 9.72. The first-order valence-electron chi connectivity index (χ1n) is 6.49. The normalized spacial score (nSPS) is 12.0. The topological polar surface area (TPSA) is 68.1 Å². The average molecular weight is 289 g/mol. The van der Waals surface area contributed by atoms with Crippen LogP contribution in [-0.2, 0) is 0 Å². The number of halogens is 1. The summed E-state index contributed by atoms with van der Waals surface area (Å²) >= 11 is 0. The molecule has 2 aromatic rings. The van der Waals surface area contributed by atoms with Gasteiger partial charge in [0.15, 0.2) is 5.82 Å². The fraction of sp³-hybridized carbons (Fsp3) is 0.267. The van der Waals surface area contributed by atoms with Gasteiger partial charge in [-0.1, -0.05) is 6.08 Å². The fourth-order valence-electron chi connectivity index (χ4n) is 1.87. The number of hydrogen-bond acceptors (Lipinski definition) is 5. The number of rotatable bonds is 5. The Labute approximate surface area is 122 Å². The lowest BCUT2D eigenvalue weighted by Gasteiger charge is -2.10. The van der Waals surface area contributed by atoms with Crippen molar-refractivity contribution in [3.63, 3.8) is 0 Å². The van der Waals surface area contributed by atoms with Crippen LogP contribution < -0.4 is 4.74 Å². The SMILES string of the molecule is C=CC(O)c1ncc(-c2cc(OCC)ncc2F)nc1C. The Bertz CT molecular complexity index is 661. The maximum atomic E-state index is 13.9. The van der Waals surface area contributed by atoms with Crippen LogP contribution in [0, 0.1) is 12.7 Å². The van der Waals surface area contributed by atoms with Gasteiger partial charge in [-0.25, -0.2) is 14.4 Å². The summed E-state index contributed by atoms with van der Waals surface area (Å²) in [6.07, 6.45) is 2.96. The van der Waals surface area contributed by atoms with Crippen LogP contribution in [0.5, 0.6) is 5.88 Å². The molecule has 21 heavy (non-hydrogen) atoms. The van der Waals surface area contributed by atoms with E-state index in [4.69, 9.17) is 4.74 Å². The van der Waals surface area contributed by atoms with Gasteiger partial charge in [0.1, 0.15) is 6.10 Å². The zero-order valence-electron chi connectivity index (χ0n) is 11.9. The van der Waals surface area contributed by atoms with Crippen molar-refractivity contribution in [3.8, 4) is 17.1 Å². The largest absolute Gasteiger partial charge is 0.478 e. The number of aryl methyl sites for hydroxylation is 1. The Morgan fingerprint density at radius 3 is 2.81 bits per heavy atom. The summed E-state index contributed by atoms with van der Waals surface area (Å²) in [4.78, 5) is 12.2. The monoisotopic (exact) mass is 289 g/mol. The second-order valence-electron chi connectivity index (χ2n) is 4.34. The third-order valence-corrected chi connectivity index (χ3v) is 2.89.